The van der Waals surface area contributed by atoms with Gasteiger partial charge in [-0.1, -0.05) is 23.5 Å². The summed E-state index contributed by atoms with van der Waals surface area (Å²) in [4.78, 5) is 4.35. The average molecular weight is 194 g/mol. The number of nitrogens with zero attached hydrogens (tertiary/aromatic N) is 1. The van der Waals surface area contributed by atoms with E-state index in [1.54, 1.807) is 11.3 Å². The van der Waals surface area contributed by atoms with E-state index in [4.69, 9.17) is 5.11 Å². The Morgan fingerprint density at radius 1 is 1.38 bits per heavy atom. The first kappa shape index (κ1) is 8.47. The van der Waals surface area contributed by atoms with E-state index in [2.05, 4.69) is 10.3 Å². The van der Waals surface area contributed by atoms with Gasteiger partial charge in [-0.3, -0.25) is 0 Å². The minimum atomic E-state index is 0.135. The van der Waals surface area contributed by atoms with Crippen molar-refractivity contribution in [3.8, 4) is 0 Å². The van der Waals surface area contributed by atoms with E-state index in [1.165, 1.54) is 4.70 Å². The molecular formula is C9H10N2OS. The number of aliphatic hydroxyl groups is 1. The Kier molecular flexibility index (Phi) is 2.42. The Bertz CT molecular complexity index is 366. The number of anilines is 1. The molecule has 1 aromatic heterocycles. The van der Waals surface area contributed by atoms with Gasteiger partial charge in [-0.2, -0.15) is 0 Å². The summed E-state index contributed by atoms with van der Waals surface area (Å²) in [5.74, 6) is 0. The lowest BCUT2D eigenvalue weighted by molar-refractivity contribution is 0.311. The molecule has 2 rings (SSSR count). The SMILES string of the molecule is OCCNc1nc2ccccc2s1. The topological polar surface area (TPSA) is 45.1 Å². The predicted octanol–water partition coefficient (Wildman–Crippen LogP) is 1.70. The summed E-state index contributed by atoms with van der Waals surface area (Å²) in [7, 11) is 0. The summed E-state index contributed by atoms with van der Waals surface area (Å²) >= 11 is 1.60. The second kappa shape index (κ2) is 3.72. The minimum absolute atomic E-state index is 0.135. The number of para-hydroxylation sites is 1. The molecule has 1 aromatic carbocycles. The zero-order valence-electron chi connectivity index (χ0n) is 7.03. The molecule has 68 valence electrons. The van der Waals surface area contributed by atoms with Gasteiger partial charge in [0.15, 0.2) is 5.13 Å². The van der Waals surface area contributed by atoms with Crippen LogP contribution in [-0.4, -0.2) is 23.2 Å². The van der Waals surface area contributed by atoms with Crippen LogP contribution in [0.2, 0.25) is 0 Å². The fraction of sp³-hybridized carbons (Fsp3) is 0.222. The van der Waals surface area contributed by atoms with Crippen LogP contribution in [0.25, 0.3) is 10.2 Å². The Balaban J connectivity index is 2.28. The predicted molar refractivity (Wildman–Crippen MR) is 55.2 cm³/mol. The van der Waals surface area contributed by atoms with Crippen molar-refractivity contribution in [2.45, 2.75) is 0 Å². The molecule has 0 fully saturated rings. The highest BCUT2D eigenvalue weighted by molar-refractivity contribution is 7.22. The molecule has 0 aliphatic heterocycles. The van der Waals surface area contributed by atoms with Gasteiger partial charge in [0.2, 0.25) is 0 Å². The number of hydrogen-bond donors (Lipinski definition) is 2. The Morgan fingerprint density at radius 2 is 2.23 bits per heavy atom. The zero-order chi connectivity index (χ0) is 9.10. The second-order valence-corrected chi connectivity index (χ2v) is 3.67. The smallest absolute Gasteiger partial charge is 0.183 e. The Labute approximate surface area is 80.0 Å². The van der Waals surface area contributed by atoms with Crippen molar-refractivity contribution < 1.29 is 5.11 Å². The van der Waals surface area contributed by atoms with Crippen LogP contribution in [0.15, 0.2) is 24.3 Å². The number of benzene rings is 1. The van der Waals surface area contributed by atoms with Crippen molar-refractivity contribution in [1.29, 1.82) is 0 Å². The van der Waals surface area contributed by atoms with Crippen LogP contribution in [0.4, 0.5) is 5.13 Å². The highest BCUT2D eigenvalue weighted by Gasteiger charge is 2.00. The Morgan fingerprint density at radius 3 is 3.00 bits per heavy atom. The molecule has 0 saturated heterocycles. The van der Waals surface area contributed by atoms with Gasteiger partial charge in [-0.05, 0) is 12.1 Å². The molecule has 0 bridgehead atoms. The molecule has 0 radical (unpaired) electrons. The third-order valence-corrected chi connectivity index (χ3v) is 2.68. The molecule has 0 aliphatic carbocycles. The maximum absolute atomic E-state index is 8.62. The summed E-state index contributed by atoms with van der Waals surface area (Å²) in [5.41, 5.74) is 1.01. The van der Waals surface area contributed by atoms with Gasteiger partial charge in [-0.15, -0.1) is 0 Å². The van der Waals surface area contributed by atoms with Gasteiger partial charge < -0.3 is 10.4 Å². The third-order valence-electron chi connectivity index (χ3n) is 1.68. The van der Waals surface area contributed by atoms with E-state index in [1.807, 2.05) is 24.3 Å². The maximum Gasteiger partial charge on any atom is 0.183 e. The van der Waals surface area contributed by atoms with E-state index < -0.39 is 0 Å². The number of hydrogen-bond acceptors (Lipinski definition) is 4. The molecule has 0 saturated carbocycles. The highest BCUT2D eigenvalue weighted by atomic mass is 32.1. The molecular weight excluding hydrogens is 184 g/mol. The lowest BCUT2D eigenvalue weighted by Gasteiger charge is -1.95. The lowest BCUT2D eigenvalue weighted by atomic mass is 10.3. The molecule has 0 atom stereocenters. The maximum atomic E-state index is 8.62. The van der Waals surface area contributed by atoms with Crippen LogP contribution in [0, 0.1) is 0 Å². The Hall–Kier alpha value is -1.13. The van der Waals surface area contributed by atoms with E-state index in [9.17, 15) is 0 Å². The van der Waals surface area contributed by atoms with Gasteiger partial charge in [-0.25, -0.2) is 4.98 Å². The summed E-state index contributed by atoms with van der Waals surface area (Å²) in [6.07, 6.45) is 0. The molecule has 0 unspecified atom stereocenters. The molecule has 2 N–H and O–H groups in total. The van der Waals surface area contributed by atoms with Gasteiger partial charge in [0, 0.05) is 6.54 Å². The minimum Gasteiger partial charge on any atom is -0.395 e. The van der Waals surface area contributed by atoms with Crippen LogP contribution in [0.5, 0.6) is 0 Å². The van der Waals surface area contributed by atoms with Crippen LogP contribution < -0.4 is 5.32 Å². The van der Waals surface area contributed by atoms with Crippen molar-refractivity contribution in [2.75, 3.05) is 18.5 Å². The fourth-order valence-electron chi connectivity index (χ4n) is 1.11. The van der Waals surface area contributed by atoms with Gasteiger partial charge in [0.25, 0.3) is 0 Å². The first-order valence-corrected chi connectivity index (χ1v) is 4.92. The number of fused-ring (bicyclic) bond motifs is 1. The van der Waals surface area contributed by atoms with Crippen molar-refractivity contribution in [3.63, 3.8) is 0 Å². The fourth-order valence-corrected chi connectivity index (χ4v) is 2.00. The molecule has 1 heterocycles. The van der Waals surface area contributed by atoms with Crippen LogP contribution in [0.1, 0.15) is 0 Å². The van der Waals surface area contributed by atoms with Crippen LogP contribution >= 0.6 is 11.3 Å². The highest BCUT2D eigenvalue weighted by Crippen LogP contribution is 2.24. The van der Waals surface area contributed by atoms with Crippen LogP contribution in [0.3, 0.4) is 0 Å². The van der Waals surface area contributed by atoms with Gasteiger partial charge in [0.1, 0.15) is 0 Å². The van der Waals surface area contributed by atoms with Gasteiger partial charge in [0.05, 0.1) is 16.8 Å². The molecule has 3 nitrogen and oxygen atoms in total. The van der Waals surface area contributed by atoms with E-state index in [0.717, 1.165) is 10.6 Å². The van der Waals surface area contributed by atoms with Crippen molar-refractivity contribution in [3.05, 3.63) is 24.3 Å². The first-order chi connectivity index (χ1) is 6.40. The molecule has 0 spiro atoms. The van der Waals surface area contributed by atoms with Gasteiger partial charge >= 0.3 is 0 Å². The monoisotopic (exact) mass is 194 g/mol. The lowest BCUT2D eigenvalue weighted by Crippen LogP contribution is -2.04. The number of nitrogens with one attached hydrogen (secondary N) is 1. The van der Waals surface area contributed by atoms with Crippen molar-refractivity contribution in [2.24, 2.45) is 0 Å². The second-order valence-electron chi connectivity index (χ2n) is 2.64. The molecule has 13 heavy (non-hydrogen) atoms. The molecule has 0 amide bonds. The summed E-state index contributed by atoms with van der Waals surface area (Å²) in [6, 6.07) is 7.99. The number of rotatable bonds is 3. The van der Waals surface area contributed by atoms with Crippen LogP contribution in [-0.2, 0) is 0 Å². The first-order valence-electron chi connectivity index (χ1n) is 4.10. The third kappa shape index (κ3) is 1.79. The van der Waals surface area contributed by atoms with Crippen molar-refractivity contribution in [1.82, 2.24) is 4.98 Å². The standard InChI is InChI=1S/C9H10N2OS/c12-6-5-10-9-11-7-3-1-2-4-8(7)13-9/h1-4,12H,5-6H2,(H,10,11). The summed E-state index contributed by atoms with van der Waals surface area (Å²) < 4.78 is 1.17. The number of thiazole rings is 1. The largest absolute Gasteiger partial charge is 0.395 e. The quantitative estimate of drug-likeness (QED) is 0.781. The number of aromatic nitrogens is 1. The number of aliphatic hydroxyl groups excluding tert-OH is 1. The average Bonchev–Trinajstić information content (AvgIpc) is 2.57. The summed E-state index contributed by atoms with van der Waals surface area (Å²) in [5, 5.41) is 12.5. The molecule has 2 aromatic rings. The van der Waals surface area contributed by atoms with E-state index in [-0.39, 0.29) is 6.61 Å². The van der Waals surface area contributed by atoms with E-state index in [0.29, 0.717) is 6.54 Å². The zero-order valence-corrected chi connectivity index (χ0v) is 7.84. The summed E-state index contributed by atoms with van der Waals surface area (Å²) in [6.45, 7) is 0.690. The normalized spacial score (nSPS) is 10.5. The van der Waals surface area contributed by atoms with E-state index >= 15 is 0 Å². The molecule has 4 heteroatoms. The van der Waals surface area contributed by atoms with Crippen molar-refractivity contribution >= 4 is 26.7 Å². The molecule has 0 aliphatic rings.